The fourth-order valence-electron chi connectivity index (χ4n) is 3.90. The zero-order valence-corrected chi connectivity index (χ0v) is 26.9. The van der Waals surface area contributed by atoms with E-state index < -0.39 is 0 Å². The van der Waals surface area contributed by atoms with Gasteiger partial charge in [0.05, 0.1) is 24.6 Å². The molecule has 0 aliphatic carbocycles. The third-order valence-corrected chi connectivity index (χ3v) is 7.62. The van der Waals surface area contributed by atoms with Crippen LogP contribution in [0.5, 0.6) is 0 Å². The van der Waals surface area contributed by atoms with Crippen molar-refractivity contribution >= 4 is 45.9 Å². The number of ether oxygens (including phenoxy) is 1. The van der Waals surface area contributed by atoms with Gasteiger partial charge in [0.15, 0.2) is 0 Å². The standard InChI is InChI=1S/C18H23ClN4S.C10H10O3.C2H6.CH5N/c1-10-11(2)24-18-16(10)17(13-5-7-14(19)8-6-13)22-9-15(20)23(18)12(3)21-4;1-8(12)13-7-10-4-2-9(6-11)3-5-10;2*1-2/h5-8,12,15,21H,9,20H2,1-4H3;2-6H,7H2,1H3;1-2H3;2H2,1H3. The summed E-state index contributed by atoms with van der Waals surface area (Å²) in [6.45, 7) is 12.6. The molecule has 0 saturated heterocycles. The Morgan fingerprint density at radius 3 is 2.27 bits per heavy atom. The number of hydrogen-bond donors (Lipinski definition) is 3. The zero-order chi connectivity index (χ0) is 31.1. The minimum atomic E-state index is -0.306. The molecule has 0 bridgehead atoms. The molecule has 2 unspecified atom stereocenters. The Balaban J connectivity index is 0.000000419. The molecule has 0 radical (unpaired) electrons. The van der Waals surface area contributed by atoms with E-state index in [0.717, 1.165) is 28.1 Å². The molecule has 5 N–H and O–H groups in total. The van der Waals surface area contributed by atoms with E-state index >= 15 is 0 Å². The molecule has 0 saturated carbocycles. The molecule has 0 amide bonds. The van der Waals surface area contributed by atoms with Crippen LogP contribution in [0.4, 0.5) is 5.00 Å². The van der Waals surface area contributed by atoms with E-state index in [0.29, 0.717) is 12.1 Å². The van der Waals surface area contributed by atoms with Crippen molar-refractivity contribution < 1.29 is 14.3 Å². The van der Waals surface area contributed by atoms with Crippen LogP contribution in [0.2, 0.25) is 5.02 Å². The molecule has 2 aromatic carbocycles. The fraction of sp³-hybridized carbons (Fsp3) is 0.387. The van der Waals surface area contributed by atoms with E-state index in [1.807, 2.05) is 45.2 Å². The lowest BCUT2D eigenvalue weighted by molar-refractivity contribution is -0.142. The fourth-order valence-corrected chi connectivity index (χ4v) is 5.32. The largest absolute Gasteiger partial charge is 0.461 e. The number of thiophene rings is 1. The van der Waals surface area contributed by atoms with Crippen molar-refractivity contribution in [1.29, 1.82) is 0 Å². The number of fused-ring (bicyclic) bond motifs is 1. The highest BCUT2D eigenvalue weighted by Crippen LogP contribution is 2.39. The minimum absolute atomic E-state index is 0.135. The average molecular weight is 602 g/mol. The number of rotatable bonds is 6. The summed E-state index contributed by atoms with van der Waals surface area (Å²) in [4.78, 5) is 29.2. The van der Waals surface area contributed by atoms with Crippen molar-refractivity contribution in [2.45, 2.75) is 60.5 Å². The molecule has 1 aliphatic rings. The first-order chi connectivity index (χ1) is 19.7. The van der Waals surface area contributed by atoms with Gasteiger partial charge in [0, 0.05) is 33.5 Å². The van der Waals surface area contributed by atoms with E-state index in [9.17, 15) is 9.59 Å². The summed E-state index contributed by atoms with van der Waals surface area (Å²) >= 11 is 7.84. The Labute approximate surface area is 253 Å². The van der Waals surface area contributed by atoms with Crippen LogP contribution in [0, 0.1) is 13.8 Å². The van der Waals surface area contributed by atoms with Crippen LogP contribution in [0.25, 0.3) is 0 Å². The highest BCUT2D eigenvalue weighted by atomic mass is 35.5. The number of benzene rings is 2. The highest BCUT2D eigenvalue weighted by molar-refractivity contribution is 7.16. The van der Waals surface area contributed by atoms with Crippen molar-refractivity contribution in [2.75, 3.05) is 25.5 Å². The number of carbonyl (C=O) groups is 2. The van der Waals surface area contributed by atoms with Gasteiger partial charge in [0.25, 0.3) is 0 Å². The van der Waals surface area contributed by atoms with Crippen LogP contribution in [-0.4, -0.2) is 50.9 Å². The first-order valence-electron chi connectivity index (χ1n) is 13.5. The van der Waals surface area contributed by atoms with Gasteiger partial charge in [-0.25, -0.2) is 0 Å². The third kappa shape index (κ3) is 10.1. The van der Waals surface area contributed by atoms with Crippen molar-refractivity contribution in [3.63, 3.8) is 0 Å². The summed E-state index contributed by atoms with van der Waals surface area (Å²) in [5, 5.41) is 5.22. The number of nitrogens with one attached hydrogen (secondary N) is 1. The maximum atomic E-state index is 10.5. The summed E-state index contributed by atoms with van der Waals surface area (Å²) < 4.78 is 4.77. The number of nitrogens with two attached hydrogens (primary N) is 2. The molecule has 1 aromatic heterocycles. The monoisotopic (exact) mass is 601 g/mol. The van der Waals surface area contributed by atoms with Crippen LogP contribution in [0.3, 0.4) is 0 Å². The molecule has 3 aromatic rings. The van der Waals surface area contributed by atoms with Gasteiger partial charge in [0.2, 0.25) is 0 Å². The Hall–Kier alpha value is -3.08. The van der Waals surface area contributed by atoms with Gasteiger partial charge < -0.3 is 26.4 Å². The molecule has 10 heteroatoms. The summed E-state index contributed by atoms with van der Waals surface area (Å²) in [7, 11) is 3.45. The number of hydrogen-bond acceptors (Lipinski definition) is 9. The van der Waals surface area contributed by atoms with Crippen LogP contribution in [0.1, 0.15) is 65.2 Å². The quantitative estimate of drug-likeness (QED) is 0.245. The molecule has 1 aliphatic heterocycles. The number of aryl methyl sites for hydroxylation is 1. The maximum Gasteiger partial charge on any atom is 0.302 e. The number of halogens is 1. The normalized spacial score (nSPS) is 14.3. The van der Waals surface area contributed by atoms with Crippen molar-refractivity contribution in [3.05, 3.63) is 86.2 Å². The molecular weight excluding hydrogens is 558 g/mol. The van der Waals surface area contributed by atoms with Crippen LogP contribution >= 0.6 is 22.9 Å². The van der Waals surface area contributed by atoms with Gasteiger partial charge in [-0.3, -0.25) is 14.6 Å². The highest BCUT2D eigenvalue weighted by Gasteiger charge is 2.31. The lowest BCUT2D eigenvalue weighted by Crippen LogP contribution is -2.53. The number of carbonyl (C=O) groups excluding carboxylic acids is 2. The van der Waals surface area contributed by atoms with Crippen molar-refractivity contribution in [2.24, 2.45) is 16.5 Å². The first-order valence-corrected chi connectivity index (χ1v) is 14.7. The summed E-state index contributed by atoms with van der Waals surface area (Å²) in [6.07, 6.45) is 0.750. The molecule has 41 heavy (non-hydrogen) atoms. The van der Waals surface area contributed by atoms with E-state index in [1.54, 1.807) is 35.6 Å². The van der Waals surface area contributed by atoms with Gasteiger partial charge in [-0.2, -0.15) is 0 Å². The summed E-state index contributed by atoms with van der Waals surface area (Å²) in [5.74, 6) is -0.306. The topological polar surface area (TPSA) is 123 Å². The Morgan fingerprint density at radius 2 is 1.76 bits per heavy atom. The third-order valence-electron chi connectivity index (χ3n) is 6.14. The second kappa shape index (κ2) is 18.4. The number of aliphatic imine (C=N–C) groups is 1. The molecule has 8 nitrogen and oxygen atoms in total. The zero-order valence-electron chi connectivity index (χ0n) is 25.3. The molecular formula is C31H44ClN5O3S. The molecule has 224 valence electrons. The smallest absolute Gasteiger partial charge is 0.302 e. The lowest BCUT2D eigenvalue weighted by atomic mass is 10.00. The molecule has 4 rings (SSSR count). The van der Waals surface area contributed by atoms with Gasteiger partial charge in [0.1, 0.15) is 17.9 Å². The maximum absolute atomic E-state index is 10.5. The molecule has 0 fully saturated rings. The summed E-state index contributed by atoms with van der Waals surface area (Å²) in [5.41, 5.74) is 17.0. The SMILES string of the molecule is CC.CC(=O)OCc1ccc(C=O)cc1.CN.CNC(C)N1c2sc(C)c(C)c2C(c2ccc(Cl)cc2)=NCC1N. The predicted molar refractivity (Wildman–Crippen MR) is 173 cm³/mol. The Bertz CT molecular complexity index is 1260. The second-order valence-corrected chi connectivity index (χ2v) is 10.4. The first kappa shape index (κ1) is 35.9. The predicted octanol–water partition coefficient (Wildman–Crippen LogP) is 5.69. The van der Waals surface area contributed by atoms with E-state index in [-0.39, 0.29) is 24.9 Å². The minimum Gasteiger partial charge on any atom is -0.461 e. The Morgan fingerprint density at radius 1 is 1.17 bits per heavy atom. The van der Waals surface area contributed by atoms with Crippen molar-refractivity contribution in [3.8, 4) is 0 Å². The lowest BCUT2D eigenvalue weighted by Gasteiger charge is -2.34. The van der Waals surface area contributed by atoms with Crippen LogP contribution < -0.4 is 21.7 Å². The number of nitrogens with zero attached hydrogens (tertiary/aromatic N) is 2. The second-order valence-electron chi connectivity index (χ2n) is 8.74. The number of anilines is 1. The van der Waals surface area contributed by atoms with Crippen LogP contribution in [0.15, 0.2) is 53.5 Å². The van der Waals surface area contributed by atoms with Gasteiger partial charge in [-0.05, 0) is 58.1 Å². The molecule has 2 atom stereocenters. The molecule has 0 spiro atoms. The van der Waals surface area contributed by atoms with E-state index in [1.165, 1.54) is 35.0 Å². The number of esters is 1. The Kier molecular flexibility index (Phi) is 16.1. The van der Waals surface area contributed by atoms with Gasteiger partial charge in [-0.15, -0.1) is 11.3 Å². The van der Waals surface area contributed by atoms with E-state index in [4.69, 9.17) is 27.1 Å². The van der Waals surface area contributed by atoms with Crippen LogP contribution in [-0.2, 0) is 16.1 Å². The number of aldehydes is 1. The summed E-state index contributed by atoms with van der Waals surface area (Å²) in [6, 6.07) is 14.8. The molecule has 2 heterocycles. The average Bonchev–Trinajstić information content (AvgIpc) is 3.19. The van der Waals surface area contributed by atoms with Gasteiger partial charge >= 0.3 is 5.97 Å². The van der Waals surface area contributed by atoms with E-state index in [2.05, 4.69) is 36.7 Å². The van der Waals surface area contributed by atoms with Gasteiger partial charge in [-0.1, -0.05) is 61.8 Å². The van der Waals surface area contributed by atoms with Crippen molar-refractivity contribution in [1.82, 2.24) is 5.32 Å².